The Balaban J connectivity index is 2.16. The number of rotatable bonds is 14. The number of anilines is 1. The molecule has 1 unspecified atom stereocenters. The first kappa shape index (κ1) is 33.8. The highest BCUT2D eigenvalue weighted by atomic mass is 32.2. The summed E-state index contributed by atoms with van der Waals surface area (Å²) in [4.78, 5) is 29.6. The lowest BCUT2D eigenvalue weighted by Gasteiger charge is -2.41. The third kappa shape index (κ3) is 9.41. The minimum atomic E-state index is -4.64. The molecule has 0 spiro atoms. The molecule has 0 aromatic heterocycles. The van der Waals surface area contributed by atoms with Gasteiger partial charge in [0.25, 0.3) is 0 Å². The Bertz CT molecular complexity index is 1320. The molecule has 10 heteroatoms. The summed E-state index contributed by atoms with van der Waals surface area (Å²) in [5.74, 6) is -0.0936. The number of nitrogens with zero attached hydrogens (tertiary/aromatic N) is 1. The van der Waals surface area contributed by atoms with Gasteiger partial charge in [-0.25, -0.2) is 0 Å². The van der Waals surface area contributed by atoms with Crippen LogP contribution >= 0.6 is 11.8 Å². The molecule has 3 aromatic rings. The monoisotopic (exact) mass is 616 g/mol. The molecule has 2 amide bonds. The number of carbonyl (C=O) groups is 2. The lowest BCUT2D eigenvalue weighted by Crippen LogP contribution is -2.58. The van der Waals surface area contributed by atoms with Crippen LogP contribution in [0, 0.1) is 5.92 Å². The van der Waals surface area contributed by atoms with Gasteiger partial charge in [0.05, 0.1) is 20.6 Å². The van der Waals surface area contributed by atoms with Crippen LogP contribution in [-0.4, -0.2) is 50.0 Å². The van der Waals surface area contributed by atoms with Crippen molar-refractivity contribution in [2.75, 3.05) is 26.2 Å². The molecule has 0 aliphatic heterocycles. The van der Waals surface area contributed by atoms with Crippen LogP contribution in [0.25, 0.3) is 0 Å². The zero-order chi connectivity index (χ0) is 31.6. The summed E-state index contributed by atoms with van der Waals surface area (Å²) in [7, 11) is 4.52. The molecule has 0 radical (unpaired) electrons. The first-order chi connectivity index (χ1) is 20.4. The standard InChI is InChI=1S/C33H39F3N2O4S/c1-23(2)20-32(22-33(34,35)36,43-21-25-13-17-28(42-5)18-14-25)31(40)38(26-9-7-6-8-10-26)29(30(39)37-3)19-24-11-15-27(41-4)16-12-24/h6-18,23,29H,19-22H2,1-5H3,(H,37,39)/t29-,32?/m0/s1. The van der Waals surface area contributed by atoms with Gasteiger partial charge in [0.15, 0.2) is 0 Å². The molecule has 43 heavy (non-hydrogen) atoms. The minimum Gasteiger partial charge on any atom is -0.497 e. The van der Waals surface area contributed by atoms with Gasteiger partial charge in [-0.05, 0) is 59.9 Å². The molecule has 6 nitrogen and oxygen atoms in total. The van der Waals surface area contributed by atoms with Crippen molar-refractivity contribution in [3.63, 3.8) is 0 Å². The molecule has 0 aliphatic rings. The maximum Gasteiger partial charge on any atom is 0.390 e. The molecular weight excluding hydrogens is 577 g/mol. The van der Waals surface area contributed by atoms with E-state index in [4.69, 9.17) is 9.47 Å². The van der Waals surface area contributed by atoms with E-state index in [1.54, 1.807) is 92.7 Å². The maximum atomic E-state index is 14.8. The van der Waals surface area contributed by atoms with E-state index in [9.17, 15) is 22.8 Å². The van der Waals surface area contributed by atoms with Crippen LogP contribution in [0.1, 0.15) is 37.8 Å². The summed E-state index contributed by atoms with van der Waals surface area (Å²) < 4.78 is 51.8. The number of hydrogen-bond acceptors (Lipinski definition) is 5. The number of methoxy groups -OCH3 is 2. The molecule has 0 heterocycles. The molecule has 0 fully saturated rings. The van der Waals surface area contributed by atoms with E-state index in [1.807, 2.05) is 0 Å². The van der Waals surface area contributed by atoms with Crippen molar-refractivity contribution in [2.45, 2.75) is 55.8 Å². The van der Waals surface area contributed by atoms with Crippen molar-refractivity contribution in [2.24, 2.45) is 5.92 Å². The third-order valence-electron chi connectivity index (χ3n) is 6.99. The number of hydrogen-bond donors (Lipinski definition) is 1. The summed E-state index contributed by atoms with van der Waals surface area (Å²) in [6, 6.07) is 21.4. The largest absolute Gasteiger partial charge is 0.497 e. The highest BCUT2D eigenvalue weighted by Crippen LogP contribution is 2.46. The predicted molar refractivity (Wildman–Crippen MR) is 166 cm³/mol. The van der Waals surface area contributed by atoms with Gasteiger partial charge in [-0.2, -0.15) is 13.2 Å². The van der Waals surface area contributed by atoms with Crippen molar-refractivity contribution in [1.29, 1.82) is 0 Å². The average Bonchev–Trinajstić information content (AvgIpc) is 2.99. The number of halogens is 3. The van der Waals surface area contributed by atoms with Crippen molar-refractivity contribution < 1.29 is 32.2 Å². The van der Waals surface area contributed by atoms with E-state index in [0.29, 0.717) is 17.2 Å². The van der Waals surface area contributed by atoms with E-state index in [-0.39, 0.29) is 24.5 Å². The fraction of sp³-hybridized carbons (Fsp3) is 0.394. The van der Waals surface area contributed by atoms with Gasteiger partial charge in [0.2, 0.25) is 11.8 Å². The highest BCUT2D eigenvalue weighted by molar-refractivity contribution is 8.00. The topological polar surface area (TPSA) is 67.9 Å². The van der Waals surface area contributed by atoms with Crippen LogP contribution in [-0.2, 0) is 21.8 Å². The van der Waals surface area contributed by atoms with Crippen molar-refractivity contribution >= 4 is 29.3 Å². The van der Waals surface area contributed by atoms with Crippen LogP contribution in [0.2, 0.25) is 0 Å². The van der Waals surface area contributed by atoms with Crippen LogP contribution < -0.4 is 19.7 Å². The van der Waals surface area contributed by atoms with Crippen LogP contribution in [0.5, 0.6) is 11.5 Å². The van der Waals surface area contributed by atoms with Crippen LogP contribution in [0.4, 0.5) is 18.9 Å². The predicted octanol–water partition coefficient (Wildman–Crippen LogP) is 7.06. The average molecular weight is 617 g/mol. The molecule has 2 atom stereocenters. The number of amides is 2. The Morgan fingerprint density at radius 2 is 1.40 bits per heavy atom. The number of carbonyl (C=O) groups excluding carboxylic acids is 2. The zero-order valence-electron chi connectivity index (χ0n) is 25.1. The fourth-order valence-corrected chi connectivity index (χ4v) is 6.61. The second kappa shape index (κ2) is 15.2. The number of para-hydroxylation sites is 1. The van der Waals surface area contributed by atoms with Gasteiger partial charge in [-0.1, -0.05) is 56.3 Å². The molecule has 0 saturated heterocycles. The number of benzene rings is 3. The molecule has 0 aliphatic carbocycles. The lowest BCUT2D eigenvalue weighted by molar-refractivity contribution is -0.150. The number of ether oxygens (including phenoxy) is 2. The van der Waals surface area contributed by atoms with Crippen LogP contribution in [0.3, 0.4) is 0 Å². The minimum absolute atomic E-state index is 0.0432. The molecule has 0 saturated carbocycles. The molecule has 1 N–H and O–H groups in total. The molecule has 3 rings (SSSR count). The Kier molecular flexibility index (Phi) is 11.9. The van der Waals surface area contributed by atoms with Crippen molar-refractivity contribution in [3.8, 4) is 11.5 Å². The van der Waals surface area contributed by atoms with Crippen LogP contribution in [0.15, 0.2) is 78.9 Å². The third-order valence-corrected chi connectivity index (χ3v) is 8.51. The number of likely N-dealkylation sites (N-methyl/N-ethyl adjacent to an activating group) is 1. The number of nitrogens with one attached hydrogen (secondary N) is 1. The summed E-state index contributed by atoms with van der Waals surface area (Å²) in [5, 5.41) is 2.62. The quantitative estimate of drug-likeness (QED) is 0.210. The van der Waals surface area contributed by atoms with Crippen molar-refractivity contribution in [3.05, 3.63) is 90.0 Å². The number of alkyl halides is 3. The molecule has 0 bridgehead atoms. The zero-order valence-corrected chi connectivity index (χ0v) is 25.9. The summed E-state index contributed by atoms with van der Waals surface area (Å²) >= 11 is 0.970. The van der Waals surface area contributed by atoms with E-state index in [1.165, 1.54) is 26.2 Å². The molecular formula is C33H39F3N2O4S. The van der Waals surface area contributed by atoms with Gasteiger partial charge in [0.1, 0.15) is 22.3 Å². The van der Waals surface area contributed by atoms with E-state index in [2.05, 4.69) is 5.32 Å². The van der Waals surface area contributed by atoms with Gasteiger partial charge >= 0.3 is 6.18 Å². The Morgan fingerprint density at radius 3 is 1.86 bits per heavy atom. The smallest absolute Gasteiger partial charge is 0.390 e. The Morgan fingerprint density at radius 1 is 0.860 bits per heavy atom. The first-order valence-corrected chi connectivity index (χ1v) is 15.0. The summed E-state index contributed by atoms with van der Waals surface area (Å²) in [5.41, 5.74) is 1.82. The van der Waals surface area contributed by atoms with Gasteiger partial charge in [0, 0.05) is 24.9 Å². The molecule has 232 valence electrons. The Labute approximate surface area is 255 Å². The summed E-state index contributed by atoms with van der Waals surface area (Å²) in [6.07, 6.45) is -5.95. The van der Waals surface area contributed by atoms with Gasteiger partial charge in [-0.3, -0.25) is 14.5 Å². The Hall–Kier alpha value is -3.66. The SMILES string of the molecule is CNC(=O)[C@H](Cc1ccc(OC)cc1)N(C(=O)C(CC(C)C)(CC(F)(F)F)SCc1ccc(OC)cc1)c1ccccc1. The summed E-state index contributed by atoms with van der Waals surface area (Å²) in [6.45, 7) is 3.60. The lowest BCUT2D eigenvalue weighted by atomic mass is 9.89. The van der Waals surface area contributed by atoms with Gasteiger partial charge in [-0.15, -0.1) is 11.8 Å². The second-order valence-corrected chi connectivity index (χ2v) is 12.1. The highest BCUT2D eigenvalue weighted by Gasteiger charge is 2.52. The fourth-order valence-electron chi connectivity index (χ4n) is 5.03. The van der Waals surface area contributed by atoms with E-state index in [0.717, 1.165) is 22.9 Å². The second-order valence-electron chi connectivity index (χ2n) is 10.7. The number of thioether (sulfide) groups is 1. The van der Waals surface area contributed by atoms with E-state index < -0.39 is 35.2 Å². The van der Waals surface area contributed by atoms with Gasteiger partial charge < -0.3 is 14.8 Å². The first-order valence-electron chi connectivity index (χ1n) is 14.0. The maximum absolute atomic E-state index is 14.8. The van der Waals surface area contributed by atoms with Crippen molar-refractivity contribution in [1.82, 2.24) is 5.32 Å². The molecule has 3 aromatic carbocycles. The normalized spacial score (nSPS) is 13.6. The van der Waals surface area contributed by atoms with E-state index >= 15 is 0 Å².